The van der Waals surface area contributed by atoms with Gasteiger partial charge in [-0.15, -0.1) is 21.5 Å². The third-order valence-electron chi connectivity index (χ3n) is 3.42. The van der Waals surface area contributed by atoms with Crippen LogP contribution in [-0.2, 0) is 11.3 Å². The minimum atomic E-state index is 0.0245. The standard InChI is InChI=1S/C17H17N3O2S2/c1-12-5-7-13(8-6-12)10-20(2)15(21)11-24-17-19-18-16(22-17)14-4-3-9-23-14/h3-9H,10-11H2,1-2H3. The van der Waals surface area contributed by atoms with Crippen molar-refractivity contribution in [2.45, 2.75) is 18.7 Å². The molecular formula is C17H17N3O2S2. The summed E-state index contributed by atoms with van der Waals surface area (Å²) in [7, 11) is 1.80. The van der Waals surface area contributed by atoms with E-state index in [1.165, 1.54) is 17.3 Å². The van der Waals surface area contributed by atoms with Crippen LogP contribution in [0, 0.1) is 6.92 Å². The number of aromatic nitrogens is 2. The van der Waals surface area contributed by atoms with Crippen LogP contribution in [0.5, 0.6) is 0 Å². The Bertz CT molecular complexity index is 798. The zero-order chi connectivity index (χ0) is 16.9. The zero-order valence-electron chi connectivity index (χ0n) is 13.4. The summed E-state index contributed by atoms with van der Waals surface area (Å²) < 4.78 is 5.57. The van der Waals surface area contributed by atoms with Crippen LogP contribution in [0.3, 0.4) is 0 Å². The first kappa shape index (κ1) is 16.7. The molecule has 3 aromatic rings. The third kappa shape index (κ3) is 4.24. The molecule has 0 spiro atoms. The molecule has 0 bridgehead atoms. The topological polar surface area (TPSA) is 59.2 Å². The molecule has 5 nitrogen and oxygen atoms in total. The molecule has 2 aromatic heterocycles. The molecule has 0 aliphatic heterocycles. The molecule has 1 aromatic carbocycles. The molecule has 124 valence electrons. The number of amides is 1. The van der Waals surface area contributed by atoms with Crippen molar-refractivity contribution in [3.8, 4) is 10.8 Å². The van der Waals surface area contributed by atoms with Gasteiger partial charge >= 0.3 is 0 Å². The first-order chi connectivity index (χ1) is 11.6. The van der Waals surface area contributed by atoms with Gasteiger partial charge in [-0.05, 0) is 23.9 Å². The quantitative estimate of drug-likeness (QED) is 0.626. The van der Waals surface area contributed by atoms with Crippen LogP contribution in [0.1, 0.15) is 11.1 Å². The fourth-order valence-corrected chi connectivity index (χ4v) is 3.41. The molecule has 0 radical (unpaired) electrons. The molecule has 24 heavy (non-hydrogen) atoms. The number of nitrogens with zero attached hydrogens (tertiary/aromatic N) is 3. The van der Waals surface area contributed by atoms with Gasteiger partial charge in [0.15, 0.2) is 0 Å². The third-order valence-corrected chi connectivity index (χ3v) is 5.08. The van der Waals surface area contributed by atoms with Gasteiger partial charge in [-0.1, -0.05) is 47.7 Å². The maximum atomic E-state index is 12.2. The molecule has 0 N–H and O–H groups in total. The molecule has 0 aliphatic carbocycles. The predicted molar refractivity (Wildman–Crippen MR) is 96.0 cm³/mol. The van der Waals surface area contributed by atoms with Crippen molar-refractivity contribution < 1.29 is 9.21 Å². The Morgan fingerprint density at radius 3 is 2.75 bits per heavy atom. The molecule has 7 heteroatoms. The van der Waals surface area contributed by atoms with Crippen molar-refractivity contribution in [1.29, 1.82) is 0 Å². The summed E-state index contributed by atoms with van der Waals surface area (Å²) in [5.41, 5.74) is 2.32. The molecule has 2 heterocycles. The van der Waals surface area contributed by atoms with Gasteiger partial charge in [0.05, 0.1) is 10.6 Å². The largest absolute Gasteiger partial charge is 0.410 e. The number of thioether (sulfide) groups is 1. The number of carbonyl (C=O) groups excluding carboxylic acids is 1. The summed E-state index contributed by atoms with van der Waals surface area (Å²) in [5, 5.41) is 10.4. The van der Waals surface area contributed by atoms with Gasteiger partial charge in [-0.3, -0.25) is 4.79 Å². The van der Waals surface area contributed by atoms with E-state index in [0.29, 0.717) is 17.7 Å². The van der Waals surface area contributed by atoms with E-state index in [-0.39, 0.29) is 11.7 Å². The summed E-state index contributed by atoms with van der Waals surface area (Å²) in [6.45, 7) is 2.63. The van der Waals surface area contributed by atoms with Crippen LogP contribution in [-0.4, -0.2) is 33.8 Å². The van der Waals surface area contributed by atoms with Crippen LogP contribution in [0.25, 0.3) is 10.8 Å². The summed E-state index contributed by atoms with van der Waals surface area (Å²) in [4.78, 5) is 14.9. The monoisotopic (exact) mass is 359 g/mol. The highest BCUT2D eigenvalue weighted by atomic mass is 32.2. The number of rotatable bonds is 6. The molecule has 0 aliphatic rings. The smallest absolute Gasteiger partial charge is 0.277 e. The van der Waals surface area contributed by atoms with E-state index in [1.54, 1.807) is 23.3 Å². The summed E-state index contributed by atoms with van der Waals surface area (Å²) in [6, 6.07) is 12.0. The maximum Gasteiger partial charge on any atom is 0.277 e. The summed E-state index contributed by atoms with van der Waals surface area (Å²) >= 11 is 2.80. The second kappa shape index (κ2) is 7.63. The van der Waals surface area contributed by atoms with Crippen LogP contribution in [0.2, 0.25) is 0 Å². The Hall–Kier alpha value is -2.12. The van der Waals surface area contributed by atoms with Gasteiger partial charge in [-0.2, -0.15) is 0 Å². The lowest BCUT2D eigenvalue weighted by molar-refractivity contribution is -0.127. The number of thiophene rings is 1. The Morgan fingerprint density at radius 2 is 2.04 bits per heavy atom. The number of aryl methyl sites for hydroxylation is 1. The second-order valence-electron chi connectivity index (χ2n) is 5.37. The van der Waals surface area contributed by atoms with E-state index in [2.05, 4.69) is 10.2 Å². The fourth-order valence-electron chi connectivity index (χ4n) is 2.06. The number of hydrogen-bond donors (Lipinski definition) is 0. The molecule has 3 rings (SSSR count). The molecule has 1 amide bonds. The fraction of sp³-hybridized carbons (Fsp3) is 0.235. The van der Waals surface area contributed by atoms with E-state index in [9.17, 15) is 4.79 Å². The average molecular weight is 359 g/mol. The van der Waals surface area contributed by atoms with Crippen molar-refractivity contribution in [3.63, 3.8) is 0 Å². The average Bonchev–Trinajstić information content (AvgIpc) is 3.25. The van der Waals surface area contributed by atoms with Crippen LogP contribution < -0.4 is 0 Å². The molecular weight excluding hydrogens is 342 g/mol. The van der Waals surface area contributed by atoms with Crippen LogP contribution >= 0.6 is 23.1 Å². The summed E-state index contributed by atoms with van der Waals surface area (Å²) in [6.07, 6.45) is 0. The van der Waals surface area contributed by atoms with Gasteiger partial charge in [0.25, 0.3) is 11.1 Å². The lowest BCUT2D eigenvalue weighted by Crippen LogP contribution is -2.27. The molecule has 0 unspecified atom stereocenters. The highest BCUT2D eigenvalue weighted by Gasteiger charge is 2.14. The second-order valence-corrected chi connectivity index (χ2v) is 7.25. The van der Waals surface area contributed by atoms with Crippen molar-refractivity contribution in [1.82, 2.24) is 15.1 Å². The molecule has 0 saturated heterocycles. The Morgan fingerprint density at radius 1 is 1.25 bits per heavy atom. The van der Waals surface area contributed by atoms with E-state index in [0.717, 1.165) is 10.4 Å². The normalized spacial score (nSPS) is 10.8. The lowest BCUT2D eigenvalue weighted by Gasteiger charge is -2.16. The number of benzene rings is 1. The maximum absolute atomic E-state index is 12.2. The minimum Gasteiger partial charge on any atom is -0.410 e. The number of hydrogen-bond acceptors (Lipinski definition) is 6. The van der Waals surface area contributed by atoms with E-state index < -0.39 is 0 Å². The molecule has 0 atom stereocenters. The van der Waals surface area contributed by atoms with Gasteiger partial charge in [0, 0.05) is 13.6 Å². The highest BCUT2D eigenvalue weighted by molar-refractivity contribution is 7.99. The predicted octanol–water partition coefficient (Wildman–Crippen LogP) is 3.86. The van der Waals surface area contributed by atoms with Gasteiger partial charge in [0.2, 0.25) is 5.91 Å². The summed E-state index contributed by atoms with van der Waals surface area (Å²) in [5.74, 6) is 0.790. The van der Waals surface area contributed by atoms with Crippen molar-refractivity contribution in [3.05, 3.63) is 52.9 Å². The molecule has 0 saturated carbocycles. The minimum absolute atomic E-state index is 0.0245. The zero-order valence-corrected chi connectivity index (χ0v) is 15.1. The first-order valence-corrected chi connectivity index (χ1v) is 9.28. The van der Waals surface area contributed by atoms with E-state index in [4.69, 9.17) is 4.42 Å². The highest BCUT2D eigenvalue weighted by Crippen LogP contribution is 2.26. The van der Waals surface area contributed by atoms with Gasteiger partial charge < -0.3 is 9.32 Å². The van der Waals surface area contributed by atoms with Crippen molar-refractivity contribution in [2.75, 3.05) is 12.8 Å². The Labute approximate surface area is 148 Å². The van der Waals surface area contributed by atoms with Crippen molar-refractivity contribution >= 4 is 29.0 Å². The Balaban J connectivity index is 1.52. The van der Waals surface area contributed by atoms with Gasteiger partial charge in [0.1, 0.15) is 0 Å². The van der Waals surface area contributed by atoms with E-state index >= 15 is 0 Å². The Kier molecular flexibility index (Phi) is 5.32. The van der Waals surface area contributed by atoms with Crippen LogP contribution in [0.4, 0.5) is 0 Å². The molecule has 0 fully saturated rings. The SMILES string of the molecule is Cc1ccc(CN(C)C(=O)CSc2nnc(-c3cccs3)o2)cc1. The van der Waals surface area contributed by atoms with Crippen molar-refractivity contribution in [2.24, 2.45) is 0 Å². The lowest BCUT2D eigenvalue weighted by atomic mass is 10.1. The first-order valence-electron chi connectivity index (χ1n) is 7.41. The van der Waals surface area contributed by atoms with Gasteiger partial charge in [-0.25, -0.2) is 0 Å². The number of carbonyl (C=O) groups is 1. The van der Waals surface area contributed by atoms with Crippen LogP contribution in [0.15, 0.2) is 51.4 Å². The van der Waals surface area contributed by atoms with E-state index in [1.807, 2.05) is 48.7 Å².